The molecule has 2 aliphatic heterocycles. The van der Waals surface area contributed by atoms with Crippen LogP contribution in [0.3, 0.4) is 0 Å². The molecule has 36 heavy (non-hydrogen) atoms. The minimum atomic E-state index is -0.197. The summed E-state index contributed by atoms with van der Waals surface area (Å²) >= 11 is 0. The second-order valence-corrected chi connectivity index (χ2v) is 9.11. The molecule has 0 bridgehead atoms. The van der Waals surface area contributed by atoms with Crippen molar-refractivity contribution in [3.63, 3.8) is 0 Å². The molecule has 2 heterocycles. The van der Waals surface area contributed by atoms with Gasteiger partial charge in [-0.1, -0.05) is 42.5 Å². The molecule has 0 unspecified atom stereocenters. The van der Waals surface area contributed by atoms with E-state index in [2.05, 4.69) is 33.0 Å². The number of carbonyl (C=O) groups excluding carboxylic acids is 2. The smallest absolute Gasteiger partial charge is 0.257 e. The zero-order valence-electron chi connectivity index (χ0n) is 20.3. The molecule has 0 aliphatic carbocycles. The molecule has 0 spiro atoms. The SMILES string of the molecule is C[C@@H](NC(=O)c1ccc2c(c1)/C(=C/Nc1cccc(CN3CCOCC3)c1)C(=O)N2)c1ccccc1. The van der Waals surface area contributed by atoms with Crippen LogP contribution >= 0.6 is 0 Å². The minimum absolute atomic E-state index is 0.131. The van der Waals surface area contributed by atoms with E-state index in [1.165, 1.54) is 5.56 Å². The van der Waals surface area contributed by atoms with Crippen LogP contribution in [0.5, 0.6) is 0 Å². The molecule has 3 aromatic rings. The molecule has 2 amide bonds. The van der Waals surface area contributed by atoms with Crippen molar-refractivity contribution in [3.8, 4) is 0 Å². The highest BCUT2D eigenvalue weighted by Gasteiger charge is 2.25. The molecule has 0 aromatic heterocycles. The molecule has 1 fully saturated rings. The zero-order chi connectivity index (χ0) is 24.9. The number of benzene rings is 3. The van der Waals surface area contributed by atoms with Crippen molar-refractivity contribution >= 4 is 28.8 Å². The highest BCUT2D eigenvalue weighted by molar-refractivity contribution is 6.32. The molecule has 5 rings (SSSR count). The summed E-state index contributed by atoms with van der Waals surface area (Å²) in [4.78, 5) is 28.0. The van der Waals surface area contributed by atoms with Crippen molar-refractivity contribution in [2.45, 2.75) is 19.5 Å². The van der Waals surface area contributed by atoms with Gasteiger partial charge in [-0.05, 0) is 48.4 Å². The van der Waals surface area contributed by atoms with E-state index in [0.29, 0.717) is 22.4 Å². The molecule has 184 valence electrons. The Morgan fingerprint density at radius 3 is 2.67 bits per heavy atom. The van der Waals surface area contributed by atoms with Gasteiger partial charge in [0, 0.05) is 48.3 Å². The van der Waals surface area contributed by atoms with Crippen LogP contribution < -0.4 is 16.0 Å². The summed E-state index contributed by atoms with van der Waals surface area (Å²) < 4.78 is 5.43. The van der Waals surface area contributed by atoms with E-state index >= 15 is 0 Å². The van der Waals surface area contributed by atoms with Gasteiger partial charge in [0.2, 0.25) is 0 Å². The number of nitrogens with one attached hydrogen (secondary N) is 3. The fourth-order valence-electron chi connectivity index (χ4n) is 4.51. The standard InChI is InChI=1S/C29H30N4O3/c1-20(22-7-3-2-4-8-22)31-28(34)23-10-11-27-25(17-23)26(29(35)32-27)18-30-24-9-5-6-21(16-24)19-33-12-14-36-15-13-33/h2-11,16-18,20,30H,12-15,19H2,1H3,(H,31,34)(H,32,35)/b26-18-/t20-/m1/s1. The van der Waals surface area contributed by atoms with Gasteiger partial charge in [0.25, 0.3) is 11.8 Å². The van der Waals surface area contributed by atoms with E-state index in [-0.39, 0.29) is 17.9 Å². The maximum Gasteiger partial charge on any atom is 0.257 e. The Hall–Kier alpha value is -3.94. The first-order chi connectivity index (χ1) is 17.6. The van der Waals surface area contributed by atoms with Crippen LogP contribution in [0.4, 0.5) is 11.4 Å². The third-order valence-corrected chi connectivity index (χ3v) is 6.53. The third-order valence-electron chi connectivity index (χ3n) is 6.53. The summed E-state index contributed by atoms with van der Waals surface area (Å²) in [5.41, 5.74) is 5.53. The predicted octanol–water partition coefficient (Wildman–Crippen LogP) is 4.41. The van der Waals surface area contributed by atoms with E-state index in [1.54, 1.807) is 24.4 Å². The number of hydrogen-bond donors (Lipinski definition) is 3. The molecular formula is C29H30N4O3. The van der Waals surface area contributed by atoms with Gasteiger partial charge >= 0.3 is 0 Å². The first-order valence-corrected chi connectivity index (χ1v) is 12.2. The highest BCUT2D eigenvalue weighted by atomic mass is 16.5. The van der Waals surface area contributed by atoms with Crippen LogP contribution in [-0.4, -0.2) is 43.0 Å². The Balaban J connectivity index is 1.30. The lowest BCUT2D eigenvalue weighted by Gasteiger charge is -2.26. The van der Waals surface area contributed by atoms with Gasteiger partial charge in [-0.25, -0.2) is 0 Å². The average Bonchev–Trinajstić information content (AvgIpc) is 3.22. The molecule has 3 aromatic carbocycles. The summed E-state index contributed by atoms with van der Waals surface area (Å²) in [5, 5.41) is 9.19. The third kappa shape index (κ3) is 5.48. The second-order valence-electron chi connectivity index (χ2n) is 9.11. The lowest BCUT2D eigenvalue weighted by molar-refractivity contribution is -0.110. The van der Waals surface area contributed by atoms with Crippen LogP contribution in [0, 0.1) is 0 Å². The van der Waals surface area contributed by atoms with Gasteiger partial charge in [-0.3, -0.25) is 14.5 Å². The number of rotatable bonds is 7. The van der Waals surface area contributed by atoms with Crippen molar-refractivity contribution < 1.29 is 14.3 Å². The second kappa shape index (κ2) is 10.8. The van der Waals surface area contributed by atoms with Crippen molar-refractivity contribution in [1.29, 1.82) is 0 Å². The van der Waals surface area contributed by atoms with E-state index in [1.807, 2.05) is 49.4 Å². The lowest BCUT2D eigenvalue weighted by atomic mass is 10.0. The topological polar surface area (TPSA) is 82.7 Å². The van der Waals surface area contributed by atoms with Crippen LogP contribution in [-0.2, 0) is 16.1 Å². The maximum atomic E-state index is 12.9. The normalized spacial score (nSPS) is 17.4. The Labute approximate surface area is 211 Å². The molecule has 0 radical (unpaired) electrons. The number of ether oxygens (including phenoxy) is 1. The molecule has 7 nitrogen and oxygen atoms in total. The van der Waals surface area contributed by atoms with Gasteiger partial charge in [0.05, 0.1) is 24.8 Å². The Kier molecular flexibility index (Phi) is 7.11. The maximum absolute atomic E-state index is 12.9. The first kappa shape index (κ1) is 23.8. The van der Waals surface area contributed by atoms with Gasteiger partial charge in [0.15, 0.2) is 0 Å². The number of anilines is 2. The summed E-state index contributed by atoms with van der Waals surface area (Å²) in [6.07, 6.45) is 1.71. The monoisotopic (exact) mass is 482 g/mol. The molecule has 1 atom stereocenters. The summed E-state index contributed by atoms with van der Waals surface area (Å²) in [6, 6.07) is 23.1. The van der Waals surface area contributed by atoms with Crippen molar-refractivity contribution in [2.75, 3.05) is 36.9 Å². The number of fused-ring (bicyclic) bond motifs is 1. The fourth-order valence-corrected chi connectivity index (χ4v) is 4.51. The predicted molar refractivity (Wildman–Crippen MR) is 142 cm³/mol. The quantitative estimate of drug-likeness (QED) is 0.435. The van der Waals surface area contributed by atoms with Crippen LogP contribution in [0.15, 0.2) is 79.0 Å². The number of carbonyl (C=O) groups is 2. The summed E-state index contributed by atoms with van der Waals surface area (Å²) in [5.74, 6) is -0.381. The van der Waals surface area contributed by atoms with E-state index in [0.717, 1.165) is 44.1 Å². The zero-order valence-corrected chi connectivity index (χ0v) is 20.3. The van der Waals surface area contributed by atoms with Gasteiger partial charge in [0.1, 0.15) is 0 Å². The van der Waals surface area contributed by atoms with Gasteiger partial charge < -0.3 is 20.7 Å². The van der Waals surface area contributed by atoms with Crippen LogP contribution in [0.1, 0.15) is 40.0 Å². The molecule has 2 aliphatic rings. The lowest BCUT2D eigenvalue weighted by Crippen LogP contribution is -2.35. The highest BCUT2D eigenvalue weighted by Crippen LogP contribution is 2.32. The number of nitrogens with zero attached hydrogens (tertiary/aromatic N) is 1. The van der Waals surface area contributed by atoms with Crippen LogP contribution in [0.25, 0.3) is 5.57 Å². The molecule has 0 saturated carbocycles. The Morgan fingerprint density at radius 2 is 1.86 bits per heavy atom. The molecule has 3 N–H and O–H groups in total. The Bertz CT molecular complexity index is 1280. The number of hydrogen-bond acceptors (Lipinski definition) is 5. The van der Waals surface area contributed by atoms with E-state index < -0.39 is 0 Å². The molecular weight excluding hydrogens is 452 g/mol. The number of amides is 2. The fraction of sp³-hybridized carbons (Fsp3) is 0.241. The van der Waals surface area contributed by atoms with E-state index in [9.17, 15) is 9.59 Å². The molecule has 1 saturated heterocycles. The van der Waals surface area contributed by atoms with Gasteiger partial charge in [-0.2, -0.15) is 0 Å². The number of morpholine rings is 1. The van der Waals surface area contributed by atoms with Gasteiger partial charge in [-0.15, -0.1) is 0 Å². The Morgan fingerprint density at radius 1 is 1.06 bits per heavy atom. The first-order valence-electron chi connectivity index (χ1n) is 12.2. The van der Waals surface area contributed by atoms with Crippen molar-refractivity contribution in [2.24, 2.45) is 0 Å². The summed E-state index contributed by atoms with van der Waals surface area (Å²) in [7, 11) is 0. The molecule has 7 heteroatoms. The summed E-state index contributed by atoms with van der Waals surface area (Å²) in [6.45, 7) is 6.21. The van der Waals surface area contributed by atoms with Crippen molar-refractivity contribution in [3.05, 3.63) is 101 Å². The minimum Gasteiger partial charge on any atom is -0.379 e. The van der Waals surface area contributed by atoms with Crippen molar-refractivity contribution in [1.82, 2.24) is 10.2 Å². The average molecular weight is 483 g/mol. The van der Waals surface area contributed by atoms with E-state index in [4.69, 9.17) is 4.74 Å². The van der Waals surface area contributed by atoms with Crippen LogP contribution in [0.2, 0.25) is 0 Å². The largest absolute Gasteiger partial charge is 0.379 e.